The smallest absolute Gasteiger partial charge is 0.269 e. The van der Waals surface area contributed by atoms with Crippen LogP contribution in [-0.2, 0) is 0 Å². The maximum Gasteiger partial charge on any atom is 0.269 e. The van der Waals surface area contributed by atoms with Crippen LogP contribution < -0.4 is 10.2 Å². The van der Waals surface area contributed by atoms with Crippen molar-refractivity contribution in [1.29, 1.82) is 0 Å². The summed E-state index contributed by atoms with van der Waals surface area (Å²) in [6.07, 6.45) is 1.81. The van der Waals surface area contributed by atoms with Gasteiger partial charge >= 0.3 is 0 Å². The Labute approximate surface area is 210 Å². The largest absolute Gasteiger partial charge is 0.351 e. The highest BCUT2D eigenvalue weighted by atomic mass is 32.2. The number of pyridine rings is 1. The van der Waals surface area contributed by atoms with Gasteiger partial charge in [0.05, 0.1) is 22.7 Å². The third kappa shape index (κ3) is 4.42. The minimum atomic E-state index is -0.389. The van der Waals surface area contributed by atoms with Crippen LogP contribution in [-0.4, -0.2) is 15.0 Å². The molecule has 0 aliphatic carbocycles. The molecule has 1 aliphatic heterocycles. The summed E-state index contributed by atoms with van der Waals surface area (Å²) < 4.78 is 0. The predicted molar refractivity (Wildman–Crippen MR) is 141 cm³/mol. The first-order valence-corrected chi connectivity index (χ1v) is 12.7. The van der Waals surface area contributed by atoms with Gasteiger partial charge in [0, 0.05) is 38.7 Å². The van der Waals surface area contributed by atoms with E-state index in [1.807, 2.05) is 24.4 Å². The molecular weight excluding hydrogens is 485 g/mol. The lowest BCUT2D eigenvalue weighted by Crippen LogP contribution is -2.29. The van der Waals surface area contributed by atoms with Crippen molar-refractivity contribution in [3.8, 4) is 0 Å². The predicted octanol–water partition coefficient (Wildman–Crippen LogP) is 6.69. The molecule has 34 heavy (non-hydrogen) atoms. The van der Waals surface area contributed by atoms with E-state index >= 15 is 0 Å². The van der Waals surface area contributed by atoms with E-state index in [0.717, 1.165) is 21.2 Å². The lowest BCUT2D eigenvalue weighted by Gasteiger charge is -2.27. The minimum Gasteiger partial charge on any atom is -0.351 e. The van der Waals surface area contributed by atoms with Gasteiger partial charge in [0.2, 0.25) is 0 Å². The highest BCUT2D eigenvalue weighted by molar-refractivity contribution is 7.99. The van der Waals surface area contributed by atoms with Crippen LogP contribution in [0.15, 0.2) is 94.2 Å². The summed E-state index contributed by atoms with van der Waals surface area (Å²) in [5.41, 5.74) is 3.28. The van der Waals surface area contributed by atoms with Gasteiger partial charge in [-0.15, -0.1) is 11.3 Å². The molecule has 5 rings (SSSR count). The number of hydrogen-bond donors (Lipinski definition) is 1. The average molecular weight is 505 g/mol. The van der Waals surface area contributed by atoms with Crippen LogP contribution in [0.4, 0.5) is 11.4 Å². The normalized spacial score (nSPS) is 17.6. The van der Waals surface area contributed by atoms with Crippen LogP contribution >= 0.6 is 35.3 Å². The quantitative estimate of drug-likeness (QED) is 0.178. The van der Waals surface area contributed by atoms with Crippen LogP contribution in [0.2, 0.25) is 0 Å². The van der Waals surface area contributed by atoms with Crippen LogP contribution in [0, 0.1) is 17.0 Å². The van der Waals surface area contributed by atoms with Gasteiger partial charge in [0.1, 0.15) is 0 Å². The maximum absolute atomic E-state index is 10.9. The standard InChI is InChI=1S/C25H20N4O2S3/c1-16-13-15-33-24(16)23-22(21-4-2-3-14-26-21)27-25(32)28(23)17-5-9-19(10-6-17)34-20-11-7-18(8-12-20)29(30)31/h2-15,22-23H,1H3,(H,27,32). The Hall–Kier alpha value is -3.27. The second kappa shape index (κ2) is 9.54. The number of aryl methyl sites for hydroxylation is 1. The van der Waals surface area contributed by atoms with E-state index in [9.17, 15) is 10.1 Å². The number of nitrogens with one attached hydrogen (secondary N) is 1. The number of aromatic nitrogens is 1. The third-order valence-corrected chi connectivity index (χ3v) is 8.09. The summed E-state index contributed by atoms with van der Waals surface area (Å²) in [5, 5.41) is 17.2. The van der Waals surface area contributed by atoms with Crippen molar-refractivity contribution in [3.63, 3.8) is 0 Å². The number of anilines is 1. The monoisotopic (exact) mass is 504 g/mol. The number of nitro benzene ring substituents is 1. The van der Waals surface area contributed by atoms with Crippen molar-refractivity contribution in [1.82, 2.24) is 10.3 Å². The second-order valence-corrected chi connectivity index (χ2v) is 10.3. The number of non-ortho nitro benzene ring substituents is 1. The summed E-state index contributed by atoms with van der Waals surface area (Å²) in [4.78, 5) is 20.5. The van der Waals surface area contributed by atoms with E-state index in [1.165, 1.54) is 22.6 Å². The van der Waals surface area contributed by atoms with E-state index < -0.39 is 0 Å². The van der Waals surface area contributed by atoms with Crippen LogP contribution in [0.3, 0.4) is 0 Å². The molecule has 2 aromatic carbocycles. The summed E-state index contributed by atoms with van der Waals surface area (Å²) in [6, 6.07) is 22.8. The van der Waals surface area contributed by atoms with Crippen LogP contribution in [0.5, 0.6) is 0 Å². The van der Waals surface area contributed by atoms with E-state index in [1.54, 1.807) is 35.2 Å². The lowest BCUT2D eigenvalue weighted by atomic mass is 10.0. The molecule has 3 heterocycles. The van der Waals surface area contributed by atoms with Crippen LogP contribution in [0.1, 0.15) is 28.2 Å². The second-order valence-electron chi connectivity index (χ2n) is 7.81. The Morgan fingerprint density at radius 3 is 2.35 bits per heavy atom. The number of nitro groups is 1. The number of thiophene rings is 1. The molecule has 1 fully saturated rings. The molecule has 9 heteroatoms. The Morgan fingerprint density at radius 2 is 1.76 bits per heavy atom. The van der Waals surface area contributed by atoms with Crippen molar-refractivity contribution >= 4 is 51.8 Å². The SMILES string of the molecule is Cc1ccsc1C1C(c2ccccn2)NC(=S)N1c1ccc(Sc2ccc([N+](=O)[O-])cc2)cc1. The van der Waals surface area contributed by atoms with Gasteiger partial charge in [-0.25, -0.2) is 0 Å². The molecular formula is C25H20N4O2S3. The van der Waals surface area contributed by atoms with E-state index in [-0.39, 0.29) is 22.7 Å². The molecule has 4 aromatic rings. The average Bonchev–Trinajstić information content (AvgIpc) is 3.42. The fraction of sp³-hybridized carbons (Fsp3) is 0.120. The molecule has 1 saturated heterocycles. The number of nitrogens with zero attached hydrogens (tertiary/aromatic N) is 3. The van der Waals surface area contributed by atoms with Crippen molar-refractivity contribution in [3.05, 3.63) is 111 Å². The summed E-state index contributed by atoms with van der Waals surface area (Å²) in [7, 11) is 0. The Kier molecular flexibility index (Phi) is 6.32. The zero-order chi connectivity index (χ0) is 23.7. The molecule has 0 saturated carbocycles. The molecule has 0 radical (unpaired) electrons. The molecule has 0 amide bonds. The van der Waals surface area contributed by atoms with Crippen molar-refractivity contribution in [2.24, 2.45) is 0 Å². The fourth-order valence-electron chi connectivity index (χ4n) is 4.03. The number of benzene rings is 2. The molecule has 0 bridgehead atoms. The molecule has 1 aliphatic rings. The Bertz CT molecular complexity index is 1320. The van der Waals surface area contributed by atoms with E-state index in [2.05, 4.69) is 57.8 Å². The molecule has 170 valence electrons. The number of thiocarbonyl (C=S) groups is 1. The first-order chi connectivity index (χ1) is 16.5. The van der Waals surface area contributed by atoms with Crippen molar-refractivity contribution in [2.45, 2.75) is 28.8 Å². The lowest BCUT2D eigenvalue weighted by molar-refractivity contribution is -0.384. The van der Waals surface area contributed by atoms with Crippen molar-refractivity contribution < 1.29 is 4.92 Å². The summed E-state index contributed by atoms with van der Waals surface area (Å²) >= 11 is 9.09. The summed E-state index contributed by atoms with van der Waals surface area (Å²) in [5.74, 6) is 0. The molecule has 6 nitrogen and oxygen atoms in total. The number of hydrogen-bond acceptors (Lipinski definition) is 6. The van der Waals surface area contributed by atoms with Gasteiger partial charge in [-0.1, -0.05) is 17.8 Å². The topological polar surface area (TPSA) is 71.3 Å². The molecule has 2 aromatic heterocycles. The fourth-order valence-corrected chi connectivity index (χ4v) is 6.25. The number of rotatable bonds is 6. The van der Waals surface area contributed by atoms with Crippen LogP contribution in [0.25, 0.3) is 0 Å². The molecule has 0 spiro atoms. The highest BCUT2D eigenvalue weighted by Gasteiger charge is 2.41. The zero-order valence-corrected chi connectivity index (χ0v) is 20.6. The molecule has 1 N–H and O–H groups in total. The minimum absolute atomic E-state index is 0.00410. The van der Waals surface area contributed by atoms with Crippen molar-refractivity contribution in [2.75, 3.05) is 4.90 Å². The van der Waals surface area contributed by atoms with E-state index in [4.69, 9.17) is 12.2 Å². The van der Waals surface area contributed by atoms with Gasteiger partial charge in [0.15, 0.2) is 5.11 Å². The first kappa shape index (κ1) is 22.5. The van der Waals surface area contributed by atoms with Gasteiger partial charge in [-0.05, 0) is 84.7 Å². The van der Waals surface area contributed by atoms with Gasteiger partial charge in [-0.2, -0.15) is 0 Å². The highest BCUT2D eigenvalue weighted by Crippen LogP contribution is 2.44. The molecule has 2 unspecified atom stereocenters. The summed E-state index contributed by atoms with van der Waals surface area (Å²) in [6.45, 7) is 2.13. The molecule has 2 atom stereocenters. The Morgan fingerprint density at radius 1 is 1.06 bits per heavy atom. The van der Waals surface area contributed by atoms with E-state index in [0.29, 0.717) is 5.11 Å². The maximum atomic E-state index is 10.9. The zero-order valence-electron chi connectivity index (χ0n) is 18.1. The van der Waals surface area contributed by atoms with Gasteiger partial charge in [-0.3, -0.25) is 15.1 Å². The van der Waals surface area contributed by atoms with Gasteiger partial charge < -0.3 is 10.2 Å². The third-order valence-electron chi connectivity index (χ3n) is 5.67. The first-order valence-electron chi connectivity index (χ1n) is 10.6. The Balaban J connectivity index is 1.44. The van der Waals surface area contributed by atoms with Gasteiger partial charge in [0.25, 0.3) is 5.69 Å².